The van der Waals surface area contributed by atoms with Crippen molar-refractivity contribution < 1.29 is 9.59 Å². The summed E-state index contributed by atoms with van der Waals surface area (Å²) in [5, 5.41) is 7.39. The maximum absolute atomic E-state index is 12.9. The second-order valence-electron chi connectivity index (χ2n) is 9.14. The Balaban J connectivity index is 1.16. The standard InChI is InChI=1S/C25H26N6O2S/c32-20(2-1-8-31-9-7-27-25(31)33)15-4-6-19-21(11-15)34-24-22(19)23(28-14-29-24)30-18-5-3-16-12-26-13-17(16)10-18/h3,5,10,13-15H,1-2,4,6-9,11-12H2,(H,27,33)(H,28,29,30). The van der Waals surface area contributed by atoms with Crippen molar-refractivity contribution in [3.63, 3.8) is 0 Å². The maximum Gasteiger partial charge on any atom is 0.317 e. The summed E-state index contributed by atoms with van der Waals surface area (Å²) in [6, 6.07) is 6.27. The first kappa shape index (κ1) is 21.2. The average molecular weight is 475 g/mol. The molecule has 1 saturated heterocycles. The number of nitrogens with zero attached hydrogens (tertiary/aromatic N) is 4. The van der Waals surface area contributed by atoms with Gasteiger partial charge in [-0.25, -0.2) is 14.8 Å². The molecule has 1 aromatic carbocycles. The average Bonchev–Trinajstić information content (AvgIpc) is 3.56. The van der Waals surface area contributed by atoms with E-state index in [1.165, 1.54) is 16.0 Å². The van der Waals surface area contributed by atoms with Crippen LogP contribution in [0, 0.1) is 5.92 Å². The zero-order valence-electron chi connectivity index (χ0n) is 18.8. The lowest BCUT2D eigenvalue weighted by atomic mass is 9.84. The second kappa shape index (κ2) is 8.79. The van der Waals surface area contributed by atoms with Crippen LogP contribution in [0.15, 0.2) is 29.5 Å². The number of thiophene rings is 1. The van der Waals surface area contributed by atoms with E-state index in [1.807, 2.05) is 6.21 Å². The number of rotatable bonds is 7. The van der Waals surface area contributed by atoms with Crippen LogP contribution in [-0.2, 0) is 24.2 Å². The quantitative estimate of drug-likeness (QED) is 0.542. The summed E-state index contributed by atoms with van der Waals surface area (Å²) < 4.78 is 0. The van der Waals surface area contributed by atoms with Crippen molar-refractivity contribution in [1.29, 1.82) is 0 Å². The number of nitrogens with one attached hydrogen (secondary N) is 2. The topological polar surface area (TPSA) is 99.6 Å². The van der Waals surface area contributed by atoms with Gasteiger partial charge < -0.3 is 15.5 Å². The molecule has 1 aliphatic carbocycles. The first-order chi connectivity index (χ1) is 16.7. The molecule has 6 rings (SSSR count). The van der Waals surface area contributed by atoms with E-state index in [0.717, 1.165) is 66.1 Å². The van der Waals surface area contributed by atoms with Gasteiger partial charge in [-0.05, 0) is 54.5 Å². The maximum atomic E-state index is 12.9. The molecule has 4 heterocycles. The number of aliphatic imine (C=N–C) groups is 1. The Hall–Kier alpha value is -3.33. The molecule has 2 amide bonds. The van der Waals surface area contributed by atoms with Crippen molar-refractivity contribution >= 4 is 51.1 Å². The highest BCUT2D eigenvalue weighted by Gasteiger charge is 2.29. The van der Waals surface area contributed by atoms with Gasteiger partial charge in [0.1, 0.15) is 22.8 Å². The molecule has 8 nitrogen and oxygen atoms in total. The second-order valence-corrected chi connectivity index (χ2v) is 10.2. The molecule has 2 N–H and O–H groups in total. The molecule has 2 aromatic heterocycles. The fourth-order valence-corrected chi connectivity index (χ4v) is 6.44. The minimum absolute atomic E-state index is 0.0152. The Labute approximate surface area is 201 Å². The molecule has 0 saturated carbocycles. The SMILES string of the molecule is O=C(CCCN1CCNC1=O)C1CCc2c(sc3ncnc(Nc4ccc5c(c4)C=NC5)c23)C1. The molecule has 1 unspecified atom stereocenters. The molecule has 2 aliphatic heterocycles. The number of aromatic nitrogens is 2. The third-order valence-corrected chi connectivity index (χ3v) is 8.16. The molecule has 1 atom stereocenters. The lowest BCUT2D eigenvalue weighted by Gasteiger charge is -2.22. The van der Waals surface area contributed by atoms with E-state index in [-0.39, 0.29) is 11.9 Å². The third-order valence-electron chi connectivity index (χ3n) is 7.00. The van der Waals surface area contributed by atoms with E-state index < -0.39 is 0 Å². The highest BCUT2D eigenvalue weighted by Crippen LogP contribution is 2.41. The van der Waals surface area contributed by atoms with E-state index >= 15 is 0 Å². The summed E-state index contributed by atoms with van der Waals surface area (Å²) in [6.07, 6.45) is 7.27. The van der Waals surface area contributed by atoms with Crippen LogP contribution >= 0.6 is 11.3 Å². The van der Waals surface area contributed by atoms with Gasteiger partial charge in [-0.1, -0.05) is 6.07 Å². The fourth-order valence-electron chi connectivity index (χ4n) is 5.17. The molecular weight excluding hydrogens is 448 g/mol. The van der Waals surface area contributed by atoms with Crippen molar-refractivity contribution in [2.24, 2.45) is 10.9 Å². The number of carbonyl (C=O) groups is 2. The summed E-state index contributed by atoms with van der Waals surface area (Å²) in [7, 11) is 0. The molecule has 34 heavy (non-hydrogen) atoms. The van der Waals surface area contributed by atoms with Gasteiger partial charge in [0.2, 0.25) is 0 Å². The first-order valence-electron chi connectivity index (χ1n) is 11.9. The predicted molar refractivity (Wildman–Crippen MR) is 133 cm³/mol. The summed E-state index contributed by atoms with van der Waals surface area (Å²) in [6.45, 7) is 2.83. The monoisotopic (exact) mass is 474 g/mol. The Kier molecular flexibility index (Phi) is 5.49. The Bertz CT molecular complexity index is 1320. The van der Waals surface area contributed by atoms with Crippen LogP contribution in [0.25, 0.3) is 10.2 Å². The van der Waals surface area contributed by atoms with Crippen LogP contribution in [0.3, 0.4) is 0 Å². The van der Waals surface area contributed by atoms with Crippen LogP contribution in [-0.4, -0.2) is 52.5 Å². The smallest absolute Gasteiger partial charge is 0.317 e. The Morgan fingerprint density at radius 1 is 1.29 bits per heavy atom. The number of anilines is 2. The van der Waals surface area contributed by atoms with Gasteiger partial charge >= 0.3 is 6.03 Å². The third kappa shape index (κ3) is 3.94. The van der Waals surface area contributed by atoms with Crippen molar-refractivity contribution in [2.45, 2.75) is 38.6 Å². The summed E-state index contributed by atoms with van der Waals surface area (Å²) >= 11 is 1.68. The highest BCUT2D eigenvalue weighted by molar-refractivity contribution is 7.19. The van der Waals surface area contributed by atoms with Crippen LogP contribution < -0.4 is 10.6 Å². The minimum Gasteiger partial charge on any atom is -0.340 e. The van der Waals surface area contributed by atoms with Crippen LogP contribution in [0.4, 0.5) is 16.3 Å². The number of amides is 2. The molecule has 9 heteroatoms. The van der Waals surface area contributed by atoms with Gasteiger partial charge in [0.05, 0.1) is 11.9 Å². The van der Waals surface area contributed by atoms with Gasteiger partial charge in [0, 0.05) is 48.8 Å². The zero-order chi connectivity index (χ0) is 23.1. The summed E-state index contributed by atoms with van der Waals surface area (Å²) in [4.78, 5) is 42.0. The van der Waals surface area contributed by atoms with Gasteiger partial charge in [0.15, 0.2) is 0 Å². The minimum atomic E-state index is -0.0152. The van der Waals surface area contributed by atoms with Gasteiger partial charge in [-0.15, -0.1) is 11.3 Å². The number of ketones is 1. The van der Waals surface area contributed by atoms with E-state index in [1.54, 1.807) is 22.6 Å². The molecule has 0 radical (unpaired) electrons. The number of carbonyl (C=O) groups excluding carboxylic acids is 2. The van der Waals surface area contributed by atoms with E-state index in [0.29, 0.717) is 25.3 Å². The van der Waals surface area contributed by atoms with Crippen molar-refractivity contribution in [1.82, 2.24) is 20.2 Å². The normalized spacial score (nSPS) is 18.8. The zero-order valence-corrected chi connectivity index (χ0v) is 19.7. The van der Waals surface area contributed by atoms with Gasteiger partial charge in [0.25, 0.3) is 0 Å². The van der Waals surface area contributed by atoms with E-state index in [9.17, 15) is 9.59 Å². The summed E-state index contributed by atoms with van der Waals surface area (Å²) in [5.41, 5.74) is 4.66. The van der Waals surface area contributed by atoms with Gasteiger partial charge in [-0.3, -0.25) is 9.79 Å². The molecule has 3 aromatic rings. The summed E-state index contributed by atoms with van der Waals surface area (Å²) in [5.74, 6) is 1.19. The number of fused-ring (bicyclic) bond motifs is 4. The van der Waals surface area contributed by atoms with E-state index in [2.05, 4.69) is 43.8 Å². The lowest BCUT2D eigenvalue weighted by molar-refractivity contribution is -0.123. The van der Waals surface area contributed by atoms with Gasteiger partial charge in [-0.2, -0.15) is 0 Å². The van der Waals surface area contributed by atoms with E-state index in [4.69, 9.17) is 0 Å². The number of Topliss-reactive ketones (excluding diaryl/α,β-unsaturated/α-hetero) is 1. The number of hydrogen-bond acceptors (Lipinski definition) is 7. The first-order valence-corrected chi connectivity index (χ1v) is 12.7. The number of benzene rings is 1. The number of aryl methyl sites for hydroxylation is 1. The molecule has 3 aliphatic rings. The molecule has 0 bridgehead atoms. The van der Waals surface area contributed by atoms with Crippen molar-refractivity contribution in [3.05, 3.63) is 46.1 Å². The largest absolute Gasteiger partial charge is 0.340 e. The Morgan fingerprint density at radius 2 is 2.24 bits per heavy atom. The number of hydrogen-bond donors (Lipinski definition) is 2. The fraction of sp³-hybridized carbons (Fsp3) is 0.400. The van der Waals surface area contributed by atoms with Crippen molar-refractivity contribution in [3.8, 4) is 0 Å². The Morgan fingerprint density at radius 3 is 3.12 bits per heavy atom. The molecule has 0 spiro atoms. The number of urea groups is 1. The van der Waals surface area contributed by atoms with Crippen LogP contribution in [0.2, 0.25) is 0 Å². The molecular formula is C25H26N6O2S. The molecule has 1 fully saturated rings. The van der Waals surface area contributed by atoms with Crippen LogP contribution in [0.5, 0.6) is 0 Å². The van der Waals surface area contributed by atoms with Crippen LogP contribution in [0.1, 0.15) is 40.8 Å². The predicted octanol–water partition coefficient (Wildman–Crippen LogP) is 3.85. The lowest BCUT2D eigenvalue weighted by Crippen LogP contribution is -2.30. The molecule has 174 valence electrons. The van der Waals surface area contributed by atoms with Crippen molar-refractivity contribution in [2.75, 3.05) is 25.0 Å². The highest BCUT2D eigenvalue weighted by atomic mass is 32.1.